The Morgan fingerprint density at radius 2 is 1.67 bits per heavy atom. The van der Waals surface area contributed by atoms with Gasteiger partial charge in [0.25, 0.3) is 0 Å². The highest BCUT2D eigenvalue weighted by molar-refractivity contribution is 14.0. The first-order chi connectivity index (χ1) is 15.6. The molecule has 2 N–H and O–H groups in total. The van der Waals surface area contributed by atoms with E-state index in [-0.39, 0.29) is 30.1 Å². The molecule has 0 aliphatic carbocycles. The molecule has 0 bridgehead atoms. The summed E-state index contributed by atoms with van der Waals surface area (Å²) in [6.07, 6.45) is 4.22. The van der Waals surface area contributed by atoms with Crippen molar-refractivity contribution in [2.45, 2.75) is 65.6 Å². The maximum absolute atomic E-state index is 11.9. The van der Waals surface area contributed by atoms with E-state index < -0.39 is 0 Å². The molecule has 2 saturated heterocycles. The summed E-state index contributed by atoms with van der Waals surface area (Å²) in [6, 6.07) is 9.20. The third-order valence-electron chi connectivity index (χ3n) is 6.43. The number of piperidine rings is 2. The van der Waals surface area contributed by atoms with Gasteiger partial charge in [-0.15, -0.1) is 24.0 Å². The fourth-order valence-corrected chi connectivity index (χ4v) is 4.33. The first-order valence-electron chi connectivity index (χ1n) is 12.3. The second-order valence-corrected chi connectivity index (χ2v) is 9.07. The summed E-state index contributed by atoms with van der Waals surface area (Å²) in [6.45, 7) is 13.1. The van der Waals surface area contributed by atoms with Crippen molar-refractivity contribution in [2.75, 3.05) is 39.3 Å². The molecule has 7 nitrogen and oxygen atoms in total. The Balaban J connectivity index is 0.00000385. The van der Waals surface area contributed by atoms with Gasteiger partial charge in [-0.1, -0.05) is 31.2 Å². The third-order valence-corrected chi connectivity index (χ3v) is 6.43. The van der Waals surface area contributed by atoms with Crippen LogP contribution in [0.3, 0.4) is 0 Å². The molecule has 3 rings (SSSR count). The summed E-state index contributed by atoms with van der Waals surface area (Å²) in [5.41, 5.74) is 2.60. The number of likely N-dealkylation sites (tertiary alicyclic amines) is 2. The highest BCUT2D eigenvalue weighted by Crippen LogP contribution is 2.18. The number of guanidine groups is 1. The van der Waals surface area contributed by atoms with Gasteiger partial charge in [-0.05, 0) is 69.7 Å². The first-order valence-corrected chi connectivity index (χ1v) is 12.3. The van der Waals surface area contributed by atoms with Crippen LogP contribution in [-0.2, 0) is 17.8 Å². The number of rotatable bonds is 7. The van der Waals surface area contributed by atoms with Gasteiger partial charge in [0.1, 0.15) is 0 Å². The molecule has 0 aromatic heterocycles. The minimum absolute atomic E-state index is 0. The number of benzene rings is 1. The maximum atomic E-state index is 11.9. The minimum atomic E-state index is -0.204. The van der Waals surface area contributed by atoms with Gasteiger partial charge in [0.2, 0.25) is 0 Å². The topological polar surface area (TPSA) is 69.2 Å². The molecule has 2 heterocycles. The Morgan fingerprint density at radius 3 is 2.27 bits per heavy atom. The van der Waals surface area contributed by atoms with Crippen LogP contribution in [0.2, 0.25) is 0 Å². The summed E-state index contributed by atoms with van der Waals surface area (Å²) in [4.78, 5) is 21.0. The monoisotopic (exact) mass is 571 g/mol. The third kappa shape index (κ3) is 9.31. The zero-order valence-electron chi connectivity index (χ0n) is 20.5. The van der Waals surface area contributed by atoms with Crippen molar-refractivity contribution in [1.82, 2.24) is 20.4 Å². The number of hydrogen-bond donors (Lipinski definition) is 2. The Hall–Kier alpha value is -1.55. The van der Waals surface area contributed by atoms with Gasteiger partial charge >= 0.3 is 6.09 Å². The van der Waals surface area contributed by atoms with E-state index in [0.717, 1.165) is 37.8 Å². The highest BCUT2D eigenvalue weighted by Gasteiger charge is 2.24. The Kier molecular flexibility index (Phi) is 12.3. The van der Waals surface area contributed by atoms with Crippen LogP contribution in [0.15, 0.2) is 29.3 Å². The van der Waals surface area contributed by atoms with Crippen LogP contribution in [0.25, 0.3) is 0 Å². The summed E-state index contributed by atoms with van der Waals surface area (Å²) in [7, 11) is 0. The number of hydrogen-bond acceptors (Lipinski definition) is 4. The number of carbonyl (C=O) groups is 1. The lowest BCUT2D eigenvalue weighted by Crippen LogP contribution is -2.49. The van der Waals surface area contributed by atoms with Crippen LogP contribution >= 0.6 is 24.0 Å². The van der Waals surface area contributed by atoms with Crippen LogP contribution in [0.5, 0.6) is 0 Å². The number of aliphatic imine (C=N–C) groups is 1. The van der Waals surface area contributed by atoms with E-state index in [2.05, 4.69) is 53.6 Å². The van der Waals surface area contributed by atoms with E-state index in [1.165, 1.54) is 37.1 Å². The van der Waals surface area contributed by atoms with E-state index in [0.29, 0.717) is 32.3 Å². The number of halogens is 1. The second-order valence-electron chi connectivity index (χ2n) is 9.07. The van der Waals surface area contributed by atoms with Crippen LogP contribution in [0, 0.1) is 5.92 Å². The Morgan fingerprint density at radius 1 is 1.03 bits per heavy atom. The molecule has 2 aliphatic rings. The quantitative estimate of drug-likeness (QED) is 0.292. The fraction of sp³-hybridized carbons (Fsp3) is 0.680. The fourth-order valence-electron chi connectivity index (χ4n) is 4.33. The normalized spacial score (nSPS) is 18.5. The van der Waals surface area contributed by atoms with Crippen molar-refractivity contribution < 1.29 is 9.53 Å². The summed E-state index contributed by atoms with van der Waals surface area (Å²) >= 11 is 0. The standard InChI is InChI=1S/C25H41N5O2.HI/c1-4-26-24(28-23-12-16-30(17-13-23)25(31)32-5-2)27-18-21-6-8-22(9-7-21)19-29-14-10-20(3)11-15-29;/h6-9,20,23H,4-5,10-19H2,1-3H3,(H2,26,27,28);1H. The lowest BCUT2D eigenvalue weighted by atomic mass is 9.99. The molecule has 1 aromatic rings. The van der Waals surface area contributed by atoms with Gasteiger partial charge in [-0.2, -0.15) is 0 Å². The van der Waals surface area contributed by atoms with Crippen LogP contribution < -0.4 is 10.6 Å². The molecule has 8 heteroatoms. The van der Waals surface area contributed by atoms with Crippen LogP contribution in [-0.4, -0.2) is 67.2 Å². The van der Waals surface area contributed by atoms with Crippen molar-refractivity contribution in [3.63, 3.8) is 0 Å². The van der Waals surface area contributed by atoms with Crippen molar-refractivity contribution >= 4 is 36.0 Å². The zero-order valence-corrected chi connectivity index (χ0v) is 22.8. The lowest BCUT2D eigenvalue weighted by molar-refractivity contribution is 0.0963. The number of ether oxygens (including phenoxy) is 1. The molecule has 0 saturated carbocycles. The SMILES string of the molecule is CCNC(=NCc1ccc(CN2CCC(C)CC2)cc1)NC1CCN(C(=O)OCC)CC1.I. The number of nitrogens with zero attached hydrogens (tertiary/aromatic N) is 3. The molecule has 0 radical (unpaired) electrons. The number of nitrogens with one attached hydrogen (secondary N) is 2. The number of carbonyl (C=O) groups excluding carboxylic acids is 1. The lowest BCUT2D eigenvalue weighted by Gasteiger charge is -2.32. The first kappa shape index (κ1) is 27.7. The van der Waals surface area contributed by atoms with Gasteiger partial charge in [0.05, 0.1) is 13.2 Å². The Bertz CT molecular complexity index is 727. The molecule has 1 aromatic carbocycles. The van der Waals surface area contributed by atoms with Gasteiger partial charge in [-0.25, -0.2) is 9.79 Å². The molecule has 0 atom stereocenters. The van der Waals surface area contributed by atoms with Gasteiger partial charge in [0.15, 0.2) is 5.96 Å². The van der Waals surface area contributed by atoms with Gasteiger partial charge in [0, 0.05) is 32.2 Å². The Labute approximate surface area is 216 Å². The van der Waals surface area contributed by atoms with E-state index >= 15 is 0 Å². The van der Waals surface area contributed by atoms with E-state index in [9.17, 15) is 4.79 Å². The van der Waals surface area contributed by atoms with E-state index in [4.69, 9.17) is 9.73 Å². The van der Waals surface area contributed by atoms with Crippen molar-refractivity contribution in [3.05, 3.63) is 35.4 Å². The van der Waals surface area contributed by atoms with Crippen molar-refractivity contribution in [1.29, 1.82) is 0 Å². The van der Waals surface area contributed by atoms with Crippen molar-refractivity contribution in [3.8, 4) is 0 Å². The molecule has 0 spiro atoms. The van der Waals surface area contributed by atoms with Gasteiger partial charge in [-0.3, -0.25) is 4.90 Å². The predicted octanol–water partition coefficient (Wildman–Crippen LogP) is 4.21. The predicted molar refractivity (Wildman–Crippen MR) is 145 cm³/mol. The maximum Gasteiger partial charge on any atom is 0.409 e. The molecule has 2 aliphatic heterocycles. The second kappa shape index (κ2) is 14.7. The summed E-state index contributed by atoms with van der Waals surface area (Å²) in [5, 5.41) is 6.89. The molecule has 186 valence electrons. The van der Waals surface area contributed by atoms with E-state index in [1.807, 2.05) is 6.92 Å². The average Bonchev–Trinajstić information content (AvgIpc) is 2.81. The number of amides is 1. The summed E-state index contributed by atoms with van der Waals surface area (Å²) in [5.74, 6) is 1.71. The summed E-state index contributed by atoms with van der Waals surface area (Å²) < 4.78 is 5.11. The molecular formula is C25H42IN5O2. The van der Waals surface area contributed by atoms with Crippen LogP contribution in [0.4, 0.5) is 4.79 Å². The zero-order chi connectivity index (χ0) is 22.8. The molecule has 2 fully saturated rings. The van der Waals surface area contributed by atoms with Crippen molar-refractivity contribution in [2.24, 2.45) is 10.9 Å². The van der Waals surface area contributed by atoms with Crippen LogP contribution in [0.1, 0.15) is 57.6 Å². The smallest absolute Gasteiger partial charge is 0.409 e. The molecule has 0 unspecified atom stereocenters. The molecule has 1 amide bonds. The van der Waals surface area contributed by atoms with Gasteiger partial charge < -0.3 is 20.3 Å². The largest absolute Gasteiger partial charge is 0.450 e. The molecule has 33 heavy (non-hydrogen) atoms. The molecular weight excluding hydrogens is 529 g/mol. The van der Waals surface area contributed by atoms with E-state index in [1.54, 1.807) is 4.90 Å². The minimum Gasteiger partial charge on any atom is -0.450 e. The highest BCUT2D eigenvalue weighted by atomic mass is 127. The average molecular weight is 572 g/mol.